The van der Waals surface area contributed by atoms with Gasteiger partial charge in [0.2, 0.25) is 5.89 Å². The number of guanidine groups is 1. The van der Waals surface area contributed by atoms with Crippen molar-refractivity contribution in [1.82, 2.24) is 20.5 Å². The van der Waals surface area contributed by atoms with E-state index in [-0.39, 0.29) is 0 Å². The summed E-state index contributed by atoms with van der Waals surface area (Å²) in [5, 5.41) is 7.19. The quantitative estimate of drug-likeness (QED) is 0.549. The minimum atomic E-state index is 0.431. The molecule has 0 spiro atoms. The van der Waals surface area contributed by atoms with E-state index in [2.05, 4.69) is 60.7 Å². The second kappa shape index (κ2) is 10.2. The van der Waals surface area contributed by atoms with Gasteiger partial charge in [-0.25, -0.2) is 4.98 Å². The summed E-state index contributed by atoms with van der Waals surface area (Å²) in [6.45, 7) is 10.1. The number of benzene rings is 1. The van der Waals surface area contributed by atoms with E-state index >= 15 is 0 Å². The lowest BCUT2D eigenvalue weighted by atomic mass is 9.97. The predicted molar refractivity (Wildman–Crippen MR) is 126 cm³/mol. The Morgan fingerprint density at radius 2 is 1.90 bits per heavy atom. The van der Waals surface area contributed by atoms with Gasteiger partial charge in [0.05, 0.1) is 12.2 Å². The Labute approximate surface area is 185 Å². The Kier molecular flexibility index (Phi) is 7.12. The van der Waals surface area contributed by atoms with Gasteiger partial charge >= 0.3 is 0 Å². The van der Waals surface area contributed by atoms with E-state index < -0.39 is 0 Å². The average molecular weight is 425 g/mol. The average Bonchev–Trinajstić information content (AvgIpc) is 3.38. The number of likely N-dealkylation sites (tertiary alicyclic amines) is 1. The highest BCUT2D eigenvalue weighted by molar-refractivity contribution is 5.80. The van der Waals surface area contributed by atoms with Crippen LogP contribution in [0.4, 0.5) is 5.69 Å². The van der Waals surface area contributed by atoms with Crippen LogP contribution in [-0.2, 0) is 6.54 Å². The Morgan fingerprint density at radius 3 is 2.58 bits per heavy atom. The van der Waals surface area contributed by atoms with Crippen molar-refractivity contribution in [3.8, 4) is 0 Å². The Balaban J connectivity index is 1.17. The first kappa shape index (κ1) is 21.7. The van der Waals surface area contributed by atoms with Crippen molar-refractivity contribution in [3.63, 3.8) is 0 Å². The van der Waals surface area contributed by atoms with Crippen LogP contribution in [0.1, 0.15) is 36.6 Å². The highest BCUT2D eigenvalue weighted by atomic mass is 16.4. The molecule has 1 aromatic carbocycles. The molecule has 2 aliphatic rings. The van der Waals surface area contributed by atoms with Crippen molar-refractivity contribution in [2.45, 2.75) is 45.7 Å². The fourth-order valence-electron chi connectivity index (χ4n) is 4.53. The van der Waals surface area contributed by atoms with Crippen LogP contribution in [0.2, 0.25) is 0 Å². The zero-order valence-corrected chi connectivity index (χ0v) is 19.1. The van der Waals surface area contributed by atoms with Crippen molar-refractivity contribution < 1.29 is 4.42 Å². The van der Waals surface area contributed by atoms with Crippen LogP contribution in [0.25, 0.3) is 0 Å². The second-order valence-electron chi connectivity index (χ2n) is 8.83. The molecule has 2 saturated heterocycles. The largest absolute Gasteiger partial charge is 0.444 e. The van der Waals surface area contributed by atoms with Gasteiger partial charge in [-0.2, -0.15) is 0 Å². The molecular weight excluding hydrogens is 388 g/mol. The summed E-state index contributed by atoms with van der Waals surface area (Å²) in [6.07, 6.45) is 3.51. The zero-order valence-electron chi connectivity index (χ0n) is 19.1. The summed E-state index contributed by atoms with van der Waals surface area (Å²) in [5.41, 5.74) is 2.30. The molecule has 1 unspecified atom stereocenters. The van der Waals surface area contributed by atoms with Gasteiger partial charge in [0.1, 0.15) is 5.76 Å². The number of hydrogen-bond donors (Lipinski definition) is 2. The lowest BCUT2D eigenvalue weighted by Gasteiger charge is -2.31. The number of anilines is 1. The summed E-state index contributed by atoms with van der Waals surface area (Å²) in [4.78, 5) is 13.9. The zero-order chi connectivity index (χ0) is 21.6. The van der Waals surface area contributed by atoms with Crippen molar-refractivity contribution in [2.75, 3.05) is 44.7 Å². The van der Waals surface area contributed by atoms with Gasteiger partial charge in [0.25, 0.3) is 0 Å². The number of oxazole rings is 1. The summed E-state index contributed by atoms with van der Waals surface area (Å²) in [5.74, 6) is 3.37. The van der Waals surface area contributed by atoms with E-state index in [0.717, 1.165) is 69.0 Å². The first-order valence-electron chi connectivity index (χ1n) is 11.5. The van der Waals surface area contributed by atoms with Crippen LogP contribution in [0, 0.1) is 19.8 Å². The van der Waals surface area contributed by atoms with Crippen LogP contribution in [0.15, 0.2) is 39.7 Å². The molecule has 7 nitrogen and oxygen atoms in total. The van der Waals surface area contributed by atoms with Gasteiger partial charge in [0, 0.05) is 38.4 Å². The second-order valence-corrected chi connectivity index (χ2v) is 8.83. The molecule has 2 fully saturated rings. The molecule has 1 aromatic heterocycles. The topological polar surface area (TPSA) is 68.9 Å². The van der Waals surface area contributed by atoms with Crippen molar-refractivity contribution >= 4 is 11.6 Å². The van der Waals surface area contributed by atoms with Gasteiger partial charge < -0.3 is 20.0 Å². The predicted octanol–water partition coefficient (Wildman–Crippen LogP) is 2.95. The number of hydrogen-bond acceptors (Lipinski definition) is 5. The fourth-order valence-corrected chi connectivity index (χ4v) is 4.53. The van der Waals surface area contributed by atoms with E-state index in [1.54, 1.807) is 0 Å². The molecule has 7 heteroatoms. The number of aliphatic imine (C=N–C) groups is 1. The van der Waals surface area contributed by atoms with Gasteiger partial charge in [-0.3, -0.25) is 9.89 Å². The molecule has 31 heavy (non-hydrogen) atoms. The van der Waals surface area contributed by atoms with Gasteiger partial charge in [0.15, 0.2) is 5.96 Å². The highest BCUT2D eigenvalue weighted by Crippen LogP contribution is 2.21. The minimum absolute atomic E-state index is 0.431. The molecule has 0 aliphatic carbocycles. The van der Waals surface area contributed by atoms with E-state index in [1.807, 2.05) is 20.9 Å². The minimum Gasteiger partial charge on any atom is -0.444 e. The molecule has 0 saturated carbocycles. The Morgan fingerprint density at radius 1 is 1.13 bits per heavy atom. The molecule has 0 amide bonds. The van der Waals surface area contributed by atoms with Gasteiger partial charge in [-0.15, -0.1) is 0 Å². The number of piperidine rings is 1. The standard InChI is InChI=1S/C24H36N6O/c1-18-19(2)31-23(27-18)17-29-12-9-20(10-13-29)15-26-24(25-3)28-21-11-14-30(16-21)22-7-5-4-6-8-22/h4-8,20-21H,9-17H2,1-3H3,(H2,25,26,28). The van der Waals surface area contributed by atoms with Crippen LogP contribution >= 0.6 is 0 Å². The molecular formula is C24H36N6O. The summed E-state index contributed by atoms with van der Waals surface area (Å²) in [7, 11) is 1.86. The number of para-hydroxylation sites is 1. The molecule has 2 N–H and O–H groups in total. The Hall–Kier alpha value is -2.54. The van der Waals surface area contributed by atoms with Crippen molar-refractivity contribution in [2.24, 2.45) is 10.9 Å². The van der Waals surface area contributed by atoms with Crippen LogP contribution in [0.3, 0.4) is 0 Å². The fraction of sp³-hybridized carbons (Fsp3) is 0.583. The normalized spacial score (nSPS) is 20.9. The smallest absolute Gasteiger partial charge is 0.208 e. The molecule has 4 rings (SSSR count). The molecule has 1 atom stereocenters. The molecule has 168 valence electrons. The molecule has 2 aromatic rings. The number of nitrogens with one attached hydrogen (secondary N) is 2. The lowest BCUT2D eigenvalue weighted by molar-refractivity contribution is 0.164. The van der Waals surface area contributed by atoms with Crippen molar-refractivity contribution in [3.05, 3.63) is 47.7 Å². The van der Waals surface area contributed by atoms with Crippen molar-refractivity contribution in [1.29, 1.82) is 0 Å². The number of aryl methyl sites for hydroxylation is 2. The third-order valence-electron chi connectivity index (χ3n) is 6.57. The SMILES string of the molecule is CN=C(NCC1CCN(Cc2nc(C)c(C)o2)CC1)NC1CCN(c2ccccc2)C1. The summed E-state index contributed by atoms with van der Waals surface area (Å²) < 4.78 is 5.74. The first-order chi connectivity index (χ1) is 15.1. The third kappa shape index (κ3) is 5.79. The Bertz CT molecular complexity index is 837. The first-order valence-corrected chi connectivity index (χ1v) is 11.5. The molecule has 3 heterocycles. The van der Waals surface area contributed by atoms with E-state index in [1.165, 1.54) is 18.5 Å². The number of aromatic nitrogens is 1. The monoisotopic (exact) mass is 424 g/mol. The van der Waals surface area contributed by atoms with Crippen LogP contribution < -0.4 is 15.5 Å². The van der Waals surface area contributed by atoms with Crippen LogP contribution in [-0.4, -0.2) is 61.7 Å². The van der Waals surface area contributed by atoms with E-state index in [0.29, 0.717) is 12.0 Å². The number of nitrogens with zero attached hydrogens (tertiary/aromatic N) is 4. The van der Waals surface area contributed by atoms with Gasteiger partial charge in [-0.1, -0.05) is 18.2 Å². The lowest BCUT2D eigenvalue weighted by Crippen LogP contribution is -2.47. The highest BCUT2D eigenvalue weighted by Gasteiger charge is 2.24. The molecule has 2 aliphatic heterocycles. The molecule has 0 bridgehead atoms. The van der Waals surface area contributed by atoms with E-state index in [9.17, 15) is 0 Å². The summed E-state index contributed by atoms with van der Waals surface area (Å²) >= 11 is 0. The van der Waals surface area contributed by atoms with Gasteiger partial charge in [-0.05, 0) is 64.3 Å². The van der Waals surface area contributed by atoms with Crippen LogP contribution in [0.5, 0.6) is 0 Å². The number of rotatable bonds is 6. The third-order valence-corrected chi connectivity index (χ3v) is 6.57. The maximum Gasteiger partial charge on any atom is 0.208 e. The maximum absolute atomic E-state index is 5.74. The maximum atomic E-state index is 5.74. The molecule has 0 radical (unpaired) electrons. The summed E-state index contributed by atoms with van der Waals surface area (Å²) in [6, 6.07) is 11.1. The van der Waals surface area contributed by atoms with E-state index in [4.69, 9.17) is 4.42 Å².